The maximum absolute atomic E-state index is 13.7. The Morgan fingerprint density at radius 2 is 1.61 bits per heavy atom. The third-order valence-electron chi connectivity index (χ3n) is 2.50. The summed E-state index contributed by atoms with van der Waals surface area (Å²) in [6, 6.07) is 0.0392. The Bertz CT molecular complexity index is 476. The lowest BCUT2D eigenvalue weighted by Gasteiger charge is -2.23. The summed E-state index contributed by atoms with van der Waals surface area (Å²) < 4.78 is 52.9. The molecule has 0 bridgehead atoms. The van der Waals surface area contributed by atoms with Crippen LogP contribution in [-0.2, 0) is 0 Å². The van der Waals surface area contributed by atoms with Gasteiger partial charge in [-0.15, -0.1) is 0 Å². The van der Waals surface area contributed by atoms with E-state index in [1.165, 1.54) is 0 Å². The van der Waals surface area contributed by atoms with E-state index in [1.54, 1.807) is 38.9 Å². The van der Waals surface area contributed by atoms with Gasteiger partial charge in [0, 0.05) is 5.56 Å². The molecule has 0 heterocycles. The number of benzene rings is 1. The molecule has 5 heteroatoms. The molecule has 0 spiro atoms. The summed E-state index contributed by atoms with van der Waals surface area (Å²) in [4.78, 5) is 1.59. The number of hydrogen-bond donors (Lipinski definition) is 0. The highest BCUT2D eigenvalue weighted by atomic mass is 19.2. The summed E-state index contributed by atoms with van der Waals surface area (Å²) in [5.74, 6) is -6.31. The molecule has 0 aliphatic carbocycles. The molecule has 1 nitrogen and oxygen atoms in total. The molecule has 1 rings (SSSR count). The fraction of sp³-hybridized carbons (Fsp3) is 0.385. The van der Waals surface area contributed by atoms with E-state index in [0.29, 0.717) is 6.07 Å². The fourth-order valence-corrected chi connectivity index (χ4v) is 1.64. The van der Waals surface area contributed by atoms with Gasteiger partial charge in [-0.25, -0.2) is 17.6 Å². The third-order valence-corrected chi connectivity index (χ3v) is 2.50. The first-order valence-electron chi connectivity index (χ1n) is 5.40. The van der Waals surface area contributed by atoms with Crippen LogP contribution in [0.25, 0.3) is 0 Å². The minimum atomic E-state index is -1.79. The zero-order valence-corrected chi connectivity index (χ0v) is 10.7. The summed E-state index contributed by atoms with van der Waals surface area (Å²) >= 11 is 0. The van der Waals surface area contributed by atoms with Gasteiger partial charge in [-0.05, 0) is 34.0 Å². The second kappa shape index (κ2) is 5.52. The summed E-state index contributed by atoms with van der Waals surface area (Å²) in [6.07, 6.45) is 1.65. The van der Waals surface area contributed by atoms with Crippen molar-refractivity contribution in [3.8, 4) is 0 Å². The fourth-order valence-electron chi connectivity index (χ4n) is 1.64. The standard InChI is InChI=1S/C13H15F4N/c1-7(2)5-10(18(3)4)8-6-9(14)12(16)13(17)11(8)15/h5-6,10H,1-4H3. The van der Waals surface area contributed by atoms with Crippen LogP contribution in [0, 0.1) is 23.3 Å². The Morgan fingerprint density at radius 1 is 1.06 bits per heavy atom. The van der Waals surface area contributed by atoms with Gasteiger partial charge in [0.1, 0.15) is 0 Å². The van der Waals surface area contributed by atoms with Crippen LogP contribution in [-0.4, -0.2) is 19.0 Å². The summed E-state index contributed by atoms with van der Waals surface area (Å²) in [5.41, 5.74) is 0.635. The largest absolute Gasteiger partial charge is 0.299 e. The number of likely N-dealkylation sites (N-methyl/N-ethyl adjacent to an activating group) is 1. The minimum absolute atomic E-state index is 0.224. The molecule has 0 radical (unpaired) electrons. The Kier molecular flexibility index (Phi) is 4.51. The summed E-state index contributed by atoms with van der Waals surface area (Å²) in [6.45, 7) is 3.56. The number of halogens is 4. The van der Waals surface area contributed by atoms with Crippen molar-refractivity contribution >= 4 is 0 Å². The molecule has 1 unspecified atom stereocenters. The van der Waals surface area contributed by atoms with E-state index in [0.717, 1.165) is 5.57 Å². The van der Waals surface area contributed by atoms with Crippen molar-refractivity contribution in [3.05, 3.63) is 46.5 Å². The van der Waals surface area contributed by atoms with Crippen LogP contribution in [0.1, 0.15) is 25.5 Å². The molecule has 100 valence electrons. The second-order valence-corrected chi connectivity index (χ2v) is 4.54. The summed E-state index contributed by atoms with van der Waals surface area (Å²) in [7, 11) is 3.28. The van der Waals surface area contributed by atoms with E-state index < -0.39 is 29.3 Å². The molecule has 0 aliphatic heterocycles. The van der Waals surface area contributed by atoms with Crippen molar-refractivity contribution in [2.45, 2.75) is 19.9 Å². The van der Waals surface area contributed by atoms with Crippen molar-refractivity contribution in [1.82, 2.24) is 4.90 Å². The Hall–Kier alpha value is -1.36. The average Bonchev–Trinajstić information content (AvgIpc) is 2.28. The van der Waals surface area contributed by atoms with Crippen molar-refractivity contribution in [1.29, 1.82) is 0 Å². The average molecular weight is 261 g/mol. The minimum Gasteiger partial charge on any atom is -0.299 e. The molecule has 0 saturated heterocycles. The smallest absolute Gasteiger partial charge is 0.197 e. The zero-order valence-electron chi connectivity index (χ0n) is 10.7. The van der Waals surface area contributed by atoms with Crippen molar-refractivity contribution in [3.63, 3.8) is 0 Å². The highest BCUT2D eigenvalue weighted by Gasteiger charge is 2.24. The molecule has 0 fully saturated rings. The highest BCUT2D eigenvalue weighted by Crippen LogP contribution is 2.28. The molecule has 1 atom stereocenters. The first kappa shape index (κ1) is 14.7. The van der Waals surface area contributed by atoms with Gasteiger partial charge in [0.05, 0.1) is 6.04 Å². The van der Waals surface area contributed by atoms with Gasteiger partial charge in [-0.3, -0.25) is 4.90 Å². The van der Waals surface area contributed by atoms with Crippen LogP contribution in [0.2, 0.25) is 0 Å². The number of nitrogens with zero attached hydrogens (tertiary/aromatic N) is 1. The van der Waals surface area contributed by atoms with Crippen molar-refractivity contribution in [2.75, 3.05) is 14.1 Å². The zero-order chi connectivity index (χ0) is 14.0. The van der Waals surface area contributed by atoms with Gasteiger partial charge in [-0.2, -0.15) is 0 Å². The van der Waals surface area contributed by atoms with Crippen molar-refractivity contribution in [2.24, 2.45) is 0 Å². The predicted molar refractivity (Wildman–Crippen MR) is 62.1 cm³/mol. The number of allylic oxidation sites excluding steroid dienone is 1. The molecule has 0 N–H and O–H groups in total. The molecule has 18 heavy (non-hydrogen) atoms. The molecule has 0 amide bonds. The number of hydrogen-bond acceptors (Lipinski definition) is 1. The van der Waals surface area contributed by atoms with E-state index >= 15 is 0 Å². The first-order valence-corrected chi connectivity index (χ1v) is 5.40. The predicted octanol–water partition coefficient (Wildman–Crippen LogP) is 3.81. The number of rotatable bonds is 3. The maximum atomic E-state index is 13.7. The van der Waals surface area contributed by atoms with E-state index in [9.17, 15) is 17.6 Å². The molecular formula is C13H15F4N. The molecular weight excluding hydrogens is 246 g/mol. The molecule has 0 saturated carbocycles. The van der Waals surface area contributed by atoms with E-state index in [4.69, 9.17) is 0 Å². The first-order chi connectivity index (χ1) is 8.25. The normalized spacial score (nSPS) is 12.7. The quantitative estimate of drug-likeness (QED) is 0.346. The Balaban J connectivity index is 3.43. The van der Waals surface area contributed by atoms with Crippen LogP contribution in [0.5, 0.6) is 0 Å². The van der Waals surface area contributed by atoms with E-state index in [1.807, 2.05) is 0 Å². The second-order valence-electron chi connectivity index (χ2n) is 4.54. The Labute approximate surface area is 104 Å². The SMILES string of the molecule is CC(C)=CC(c1cc(F)c(F)c(F)c1F)N(C)C. The van der Waals surface area contributed by atoms with Gasteiger partial charge in [0.15, 0.2) is 23.3 Å². The Morgan fingerprint density at radius 3 is 2.06 bits per heavy atom. The van der Waals surface area contributed by atoms with Crippen molar-refractivity contribution < 1.29 is 17.6 Å². The molecule has 0 aromatic heterocycles. The van der Waals surface area contributed by atoms with Crippen LogP contribution in [0.3, 0.4) is 0 Å². The van der Waals surface area contributed by atoms with Crippen LogP contribution in [0.15, 0.2) is 17.7 Å². The van der Waals surface area contributed by atoms with E-state index in [-0.39, 0.29) is 5.56 Å². The van der Waals surface area contributed by atoms with Crippen LogP contribution >= 0.6 is 0 Å². The molecule has 1 aromatic rings. The molecule has 0 aliphatic rings. The molecule has 1 aromatic carbocycles. The lowest BCUT2D eigenvalue weighted by Crippen LogP contribution is -2.20. The van der Waals surface area contributed by atoms with Crippen LogP contribution in [0.4, 0.5) is 17.6 Å². The van der Waals surface area contributed by atoms with Gasteiger partial charge in [0.25, 0.3) is 0 Å². The maximum Gasteiger partial charge on any atom is 0.197 e. The lowest BCUT2D eigenvalue weighted by molar-refractivity contribution is 0.328. The lowest BCUT2D eigenvalue weighted by atomic mass is 10.0. The summed E-state index contributed by atoms with van der Waals surface area (Å²) in [5, 5.41) is 0. The van der Waals surface area contributed by atoms with Gasteiger partial charge in [-0.1, -0.05) is 11.6 Å². The van der Waals surface area contributed by atoms with Gasteiger partial charge < -0.3 is 0 Å². The van der Waals surface area contributed by atoms with Gasteiger partial charge >= 0.3 is 0 Å². The van der Waals surface area contributed by atoms with E-state index in [2.05, 4.69) is 0 Å². The monoisotopic (exact) mass is 261 g/mol. The van der Waals surface area contributed by atoms with Crippen LogP contribution < -0.4 is 0 Å². The third kappa shape index (κ3) is 2.90. The highest BCUT2D eigenvalue weighted by molar-refractivity contribution is 5.28. The topological polar surface area (TPSA) is 3.24 Å². The van der Waals surface area contributed by atoms with Gasteiger partial charge in [0.2, 0.25) is 0 Å².